The van der Waals surface area contributed by atoms with E-state index in [9.17, 15) is 13.5 Å². The van der Waals surface area contributed by atoms with Gasteiger partial charge in [-0.3, -0.25) is 0 Å². The van der Waals surface area contributed by atoms with Crippen molar-refractivity contribution >= 4 is 9.84 Å². The van der Waals surface area contributed by atoms with E-state index in [1.54, 1.807) is 24.3 Å². The Hall–Kier alpha value is -2.79. The van der Waals surface area contributed by atoms with Gasteiger partial charge in [0.25, 0.3) is 0 Å². The van der Waals surface area contributed by atoms with Crippen LogP contribution < -0.4 is 4.74 Å². The van der Waals surface area contributed by atoms with E-state index in [4.69, 9.17) is 4.74 Å². The minimum Gasteiger partial charge on any atom is -0.507 e. The minimum absolute atomic E-state index is 0.125. The predicted molar refractivity (Wildman–Crippen MR) is 91.3 cm³/mol. The molecule has 0 unspecified atom stereocenters. The minimum atomic E-state index is -3.83. The number of rotatable bonds is 4. The van der Waals surface area contributed by atoms with Gasteiger partial charge in [0.15, 0.2) is 0 Å². The van der Waals surface area contributed by atoms with Crippen molar-refractivity contribution in [1.29, 1.82) is 0 Å². The molecule has 0 atom stereocenters. The largest absolute Gasteiger partial charge is 0.507 e. The van der Waals surface area contributed by atoms with Crippen molar-refractivity contribution in [3.8, 4) is 17.2 Å². The van der Waals surface area contributed by atoms with Crippen LogP contribution in [0.15, 0.2) is 82.6 Å². The van der Waals surface area contributed by atoms with Gasteiger partial charge in [0, 0.05) is 6.07 Å². The summed E-state index contributed by atoms with van der Waals surface area (Å²) in [6.07, 6.45) is 0. The first kappa shape index (κ1) is 16.1. The summed E-state index contributed by atoms with van der Waals surface area (Å²) in [4.78, 5) is -0.0555. The molecule has 0 fully saturated rings. The van der Waals surface area contributed by atoms with Crippen molar-refractivity contribution in [3.05, 3.63) is 78.4 Å². The van der Waals surface area contributed by atoms with Crippen LogP contribution in [0.1, 0.15) is 5.56 Å². The Balaban J connectivity index is 2.01. The number of benzene rings is 3. The normalized spacial score (nSPS) is 11.2. The predicted octanol–water partition coefficient (Wildman–Crippen LogP) is 4.33. The molecule has 3 aromatic rings. The molecule has 1 N–H and O–H groups in total. The SMILES string of the molecule is Cc1ccc(S(=O)(=O)c2cc(Oc3ccccc3)ccc2O)cc1. The molecule has 3 rings (SSSR count). The summed E-state index contributed by atoms with van der Waals surface area (Å²) >= 11 is 0. The van der Waals surface area contributed by atoms with Crippen molar-refractivity contribution in [2.45, 2.75) is 16.7 Å². The van der Waals surface area contributed by atoms with Gasteiger partial charge in [-0.05, 0) is 43.3 Å². The standard InChI is InChI=1S/C19H16O4S/c1-14-7-10-17(11-8-14)24(21,22)19-13-16(9-12-18(19)20)23-15-5-3-2-4-6-15/h2-13,20H,1H3. The average molecular weight is 340 g/mol. The van der Waals surface area contributed by atoms with E-state index in [0.717, 1.165) is 5.56 Å². The summed E-state index contributed by atoms with van der Waals surface area (Å²) in [6.45, 7) is 1.88. The highest BCUT2D eigenvalue weighted by molar-refractivity contribution is 7.91. The Morgan fingerprint density at radius 3 is 2.17 bits per heavy atom. The fraction of sp³-hybridized carbons (Fsp3) is 0.0526. The average Bonchev–Trinajstić information content (AvgIpc) is 2.58. The fourth-order valence-corrected chi connectivity index (χ4v) is 3.61. The summed E-state index contributed by atoms with van der Waals surface area (Å²) in [5.74, 6) is 0.613. The third-order valence-electron chi connectivity index (χ3n) is 3.53. The van der Waals surface area contributed by atoms with Crippen LogP contribution in [0.4, 0.5) is 0 Å². The summed E-state index contributed by atoms with van der Waals surface area (Å²) < 4.78 is 31.2. The third kappa shape index (κ3) is 3.26. The van der Waals surface area contributed by atoms with Crippen LogP contribution >= 0.6 is 0 Å². The Bertz CT molecular complexity index is 946. The molecule has 0 bridgehead atoms. The van der Waals surface area contributed by atoms with Crippen LogP contribution in [0.5, 0.6) is 17.2 Å². The second kappa shape index (κ2) is 6.37. The zero-order valence-electron chi connectivity index (χ0n) is 13.0. The van der Waals surface area contributed by atoms with Crippen molar-refractivity contribution in [3.63, 3.8) is 0 Å². The van der Waals surface area contributed by atoms with Gasteiger partial charge in [0.2, 0.25) is 9.84 Å². The van der Waals surface area contributed by atoms with Crippen LogP contribution in [-0.4, -0.2) is 13.5 Å². The first-order chi connectivity index (χ1) is 11.5. The molecular weight excluding hydrogens is 324 g/mol. The molecule has 0 saturated heterocycles. The Morgan fingerprint density at radius 2 is 1.50 bits per heavy atom. The summed E-state index contributed by atoms with van der Waals surface area (Å²) in [5.41, 5.74) is 0.958. The Morgan fingerprint density at radius 1 is 0.833 bits per heavy atom. The molecule has 0 heterocycles. The number of phenolic OH excluding ortho intramolecular Hbond substituents is 1. The number of aryl methyl sites for hydroxylation is 1. The van der Waals surface area contributed by atoms with Crippen LogP contribution in [0.25, 0.3) is 0 Å². The molecule has 0 aromatic heterocycles. The van der Waals surface area contributed by atoms with Gasteiger partial charge in [-0.1, -0.05) is 35.9 Å². The molecule has 0 amide bonds. The molecule has 0 saturated carbocycles. The quantitative estimate of drug-likeness (QED) is 0.768. The lowest BCUT2D eigenvalue weighted by molar-refractivity contribution is 0.448. The molecule has 0 aliphatic carbocycles. The maximum Gasteiger partial charge on any atom is 0.210 e. The summed E-state index contributed by atoms with van der Waals surface area (Å²) in [6, 6.07) is 19.7. The lowest BCUT2D eigenvalue weighted by atomic mass is 10.2. The molecule has 24 heavy (non-hydrogen) atoms. The summed E-state index contributed by atoms with van der Waals surface area (Å²) in [5, 5.41) is 10.0. The van der Waals surface area contributed by atoms with Crippen molar-refractivity contribution in [1.82, 2.24) is 0 Å². The number of sulfone groups is 1. The van der Waals surface area contributed by atoms with Gasteiger partial charge in [-0.2, -0.15) is 0 Å². The Labute approximate surface area is 140 Å². The first-order valence-corrected chi connectivity index (χ1v) is 8.83. The van der Waals surface area contributed by atoms with Gasteiger partial charge in [-0.25, -0.2) is 8.42 Å². The maximum absolute atomic E-state index is 12.8. The van der Waals surface area contributed by atoms with E-state index in [2.05, 4.69) is 0 Å². The van der Waals surface area contributed by atoms with Gasteiger partial charge in [0.1, 0.15) is 22.1 Å². The molecule has 0 aliphatic heterocycles. The van der Waals surface area contributed by atoms with Crippen LogP contribution in [0, 0.1) is 6.92 Å². The maximum atomic E-state index is 12.8. The highest BCUT2D eigenvalue weighted by atomic mass is 32.2. The topological polar surface area (TPSA) is 63.6 Å². The summed E-state index contributed by atoms with van der Waals surface area (Å²) in [7, 11) is -3.83. The fourth-order valence-electron chi connectivity index (χ4n) is 2.24. The smallest absolute Gasteiger partial charge is 0.210 e. The molecule has 0 radical (unpaired) electrons. The number of para-hydroxylation sites is 1. The molecule has 5 heteroatoms. The lowest BCUT2D eigenvalue weighted by Gasteiger charge is -2.10. The number of aromatic hydroxyl groups is 1. The van der Waals surface area contributed by atoms with E-state index in [1.807, 2.05) is 25.1 Å². The number of ether oxygens (including phenoxy) is 1. The molecule has 0 spiro atoms. The van der Waals surface area contributed by atoms with Gasteiger partial charge in [-0.15, -0.1) is 0 Å². The molecule has 4 nitrogen and oxygen atoms in total. The zero-order chi connectivity index (χ0) is 17.2. The van der Waals surface area contributed by atoms with Crippen molar-refractivity contribution < 1.29 is 18.3 Å². The van der Waals surface area contributed by atoms with Gasteiger partial charge < -0.3 is 9.84 Å². The third-order valence-corrected chi connectivity index (χ3v) is 5.33. The lowest BCUT2D eigenvalue weighted by Crippen LogP contribution is -2.02. The zero-order valence-corrected chi connectivity index (χ0v) is 13.8. The van der Waals surface area contributed by atoms with Gasteiger partial charge >= 0.3 is 0 Å². The van der Waals surface area contributed by atoms with E-state index in [0.29, 0.717) is 11.5 Å². The number of phenols is 1. The molecular formula is C19H16O4S. The number of hydrogen-bond acceptors (Lipinski definition) is 4. The van der Waals surface area contributed by atoms with Crippen LogP contribution in [0.2, 0.25) is 0 Å². The van der Waals surface area contributed by atoms with Crippen LogP contribution in [-0.2, 0) is 9.84 Å². The number of hydrogen-bond donors (Lipinski definition) is 1. The van der Waals surface area contributed by atoms with E-state index >= 15 is 0 Å². The Kier molecular flexibility index (Phi) is 4.27. The monoisotopic (exact) mass is 340 g/mol. The second-order valence-electron chi connectivity index (χ2n) is 5.36. The van der Waals surface area contributed by atoms with Crippen LogP contribution in [0.3, 0.4) is 0 Å². The van der Waals surface area contributed by atoms with Gasteiger partial charge in [0.05, 0.1) is 4.90 Å². The van der Waals surface area contributed by atoms with E-state index in [-0.39, 0.29) is 15.5 Å². The van der Waals surface area contributed by atoms with E-state index < -0.39 is 9.84 Å². The second-order valence-corrected chi connectivity index (χ2v) is 7.28. The van der Waals surface area contributed by atoms with E-state index in [1.165, 1.54) is 30.3 Å². The molecule has 3 aromatic carbocycles. The highest BCUT2D eigenvalue weighted by Gasteiger charge is 2.22. The highest BCUT2D eigenvalue weighted by Crippen LogP contribution is 2.33. The molecule has 122 valence electrons. The van der Waals surface area contributed by atoms with Crippen molar-refractivity contribution in [2.75, 3.05) is 0 Å². The first-order valence-electron chi connectivity index (χ1n) is 7.34. The van der Waals surface area contributed by atoms with Crippen molar-refractivity contribution in [2.24, 2.45) is 0 Å². The molecule has 0 aliphatic rings.